The molecule has 2 aromatic rings. The van der Waals surface area contributed by atoms with Crippen molar-refractivity contribution in [3.05, 3.63) is 35.4 Å². The van der Waals surface area contributed by atoms with Gasteiger partial charge in [-0.3, -0.25) is 0 Å². The molecule has 96 valence electrons. The number of aromatic carboxylic acids is 1. The topological polar surface area (TPSA) is 101 Å². The molecule has 0 aliphatic rings. The molecule has 0 bridgehead atoms. The molecule has 2 rings (SSSR count). The van der Waals surface area contributed by atoms with Crippen LogP contribution in [0.3, 0.4) is 0 Å². The van der Waals surface area contributed by atoms with Crippen LogP contribution >= 0.6 is 0 Å². The number of aryl methyl sites for hydroxylation is 1. The molecule has 2 heterocycles. The SMILES string of the molecule is Cc1cc(CNCCc2ncno2)oc1C(=O)O. The van der Waals surface area contributed by atoms with Gasteiger partial charge in [0.2, 0.25) is 11.7 Å². The van der Waals surface area contributed by atoms with E-state index in [4.69, 9.17) is 14.0 Å². The highest BCUT2D eigenvalue weighted by Crippen LogP contribution is 2.14. The van der Waals surface area contributed by atoms with Crippen molar-refractivity contribution < 1.29 is 18.8 Å². The number of aromatic nitrogens is 2. The Kier molecular flexibility index (Phi) is 3.73. The van der Waals surface area contributed by atoms with Crippen molar-refractivity contribution in [3.8, 4) is 0 Å². The third kappa shape index (κ3) is 2.95. The number of nitrogens with zero attached hydrogens (tertiary/aromatic N) is 2. The largest absolute Gasteiger partial charge is 0.475 e. The fraction of sp³-hybridized carbons (Fsp3) is 0.364. The molecule has 18 heavy (non-hydrogen) atoms. The summed E-state index contributed by atoms with van der Waals surface area (Å²) in [7, 11) is 0. The van der Waals surface area contributed by atoms with Gasteiger partial charge >= 0.3 is 5.97 Å². The minimum absolute atomic E-state index is 0.0105. The van der Waals surface area contributed by atoms with E-state index in [2.05, 4.69) is 15.5 Å². The van der Waals surface area contributed by atoms with Crippen molar-refractivity contribution in [2.24, 2.45) is 0 Å². The fourth-order valence-electron chi connectivity index (χ4n) is 1.56. The normalized spacial score (nSPS) is 10.7. The van der Waals surface area contributed by atoms with Gasteiger partial charge in [-0.1, -0.05) is 5.16 Å². The van der Waals surface area contributed by atoms with Crippen molar-refractivity contribution in [1.29, 1.82) is 0 Å². The molecule has 0 saturated heterocycles. The van der Waals surface area contributed by atoms with E-state index in [9.17, 15) is 4.79 Å². The zero-order valence-electron chi connectivity index (χ0n) is 9.84. The average molecular weight is 251 g/mol. The van der Waals surface area contributed by atoms with Crippen LogP contribution in [0.2, 0.25) is 0 Å². The van der Waals surface area contributed by atoms with Gasteiger partial charge in [-0.05, 0) is 13.0 Å². The molecule has 0 aliphatic heterocycles. The molecule has 2 N–H and O–H groups in total. The summed E-state index contributed by atoms with van der Waals surface area (Å²) in [5.41, 5.74) is 0.621. The molecule has 2 aromatic heterocycles. The number of carbonyl (C=O) groups is 1. The van der Waals surface area contributed by atoms with Gasteiger partial charge in [0.1, 0.15) is 5.76 Å². The van der Waals surface area contributed by atoms with Crippen LogP contribution in [0, 0.1) is 6.92 Å². The minimum Gasteiger partial charge on any atom is -0.475 e. The summed E-state index contributed by atoms with van der Waals surface area (Å²) >= 11 is 0. The maximum Gasteiger partial charge on any atom is 0.372 e. The number of carboxylic acids is 1. The maximum atomic E-state index is 10.8. The number of carboxylic acid groups (broad SMARTS) is 1. The molecular weight excluding hydrogens is 238 g/mol. The van der Waals surface area contributed by atoms with Crippen molar-refractivity contribution in [3.63, 3.8) is 0 Å². The second-order valence-electron chi connectivity index (χ2n) is 3.79. The van der Waals surface area contributed by atoms with Gasteiger partial charge in [0.05, 0.1) is 6.54 Å². The maximum absolute atomic E-state index is 10.8. The van der Waals surface area contributed by atoms with Crippen LogP contribution < -0.4 is 5.32 Å². The van der Waals surface area contributed by atoms with Crippen LogP contribution in [0.15, 0.2) is 21.3 Å². The summed E-state index contributed by atoms with van der Waals surface area (Å²) in [4.78, 5) is 14.7. The Balaban J connectivity index is 1.80. The summed E-state index contributed by atoms with van der Waals surface area (Å²) in [6.45, 7) is 2.81. The zero-order chi connectivity index (χ0) is 13.0. The van der Waals surface area contributed by atoms with E-state index in [1.54, 1.807) is 13.0 Å². The lowest BCUT2D eigenvalue weighted by atomic mass is 10.2. The van der Waals surface area contributed by atoms with Gasteiger partial charge in [0.25, 0.3) is 0 Å². The van der Waals surface area contributed by atoms with Gasteiger partial charge < -0.3 is 19.4 Å². The van der Waals surface area contributed by atoms with E-state index < -0.39 is 5.97 Å². The van der Waals surface area contributed by atoms with Crippen LogP contribution in [0.25, 0.3) is 0 Å². The molecule has 7 heteroatoms. The van der Waals surface area contributed by atoms with Crippen molar-refractivity contribution >= 4 is 5.97 Å². The third-order valence-corrected chi connectivity index (χ3v) is 2.38. The van der Waals surface area contributed by atoms with Crippen molar-refractivity contribution in [2.45, 2.75) is 19.9 Å². The number of furan rings is 1. The van der Waals surface area contributed by atoms with Crippen molar-refractivity contribution in [2.75, 3.05) is 6.54 Å². The first-order valence-electron chi connectivity index (χ1n) is 5.45. The van der Waals surface area contributed by atoms with Gasteiger partial charge in [-0.15, -0.1) is 0 Å². The molecule has 0 saturated carbocycles. The summed E-state index contributed by atoms with van der Waals surface area (Å²) in [5.74, 6) is 0.0908. The Labute approximate surface area is 103 Å². The lowest BCUT2D eigenvalue weighted by Crippen LogP contribution is -2.16. The molecule has 0 amide bonds. The quantitative estimate of drug-likeness (QED) is 0.738. The van der Waals surface area contributed by atoms with Crippen LogP contribution in [-0.4, -0.2) is 27.8 Å². The first kappa shape index (κ1) is 12.3. The molecule has 0 unspecified atom stereocenters. The Morgan fingerprint density at radius 3 is 3.00 bits per heavy atom. The molecule has 0 aliphatic carbocycles. The van der Waals surface area contributed by atoms with E-state index in [1.165, 1.54) is 6.33 Å². The highest BCUT2D eigenvalue weighted by atomic mass is 16.5. The molecular formula is C11H13N3O4. The third-order valence-electron chi connectivity index (χ3n) is 2.38. The summed E-state index contributed by atoms with van der Waals surface area (Å²) < 4.78 is 10.0. The summed E-state index contributed by atoms with van der Waals surface area (Å²) in [6.07, 6.45) is 1.97. The molecule has 0 atom stereocenters. The molecule has 0 aromatic carbocycles. The number of hydrogen-bond donors (Lipinski definition) is 2. The zero-order valence-corrected chi connectivity index (χ0v) is 9.84. The first-order valence-corrected chi connectivity index (χ1v) is 5.45. The predicted molar refractivity (Wildman–Crippen MR) is 60.1 cm³/mol. The van der Waals surface area contributed by atoms with Gasteiger partial charge in [0.15, 0.2) is 6.33 Å². The highest BCUT2D eigenvalue weighted by molar-refractivity contribution is 5.86. The Bertz CT molecular complexity index is 518. The van der Waals surface area contributed by atoms with Crippen molar-refractivity contribution in [1.82, 2.24) is 15.5 Å². The highest BCUT2D eigenvalue weighted by Gasteiger charge is 2.13. The smallest absolute Gasteiger partial charge is 0.372 e. The average Bonchev–Trinajstić information content (AvgIpc) is 2.94. The van der Waals surface area contributed by atoms with Gasteiger partial charge in [-0.2, -0.15) is 4.98 Å². The van der Waals surface area contributed by atoms with Gasteiger partial charge in [0, 0.05) is 18.5 Å². The lowest BCUT2D eigenvalue weighted by Gasteiger charge is -1.99. The van der Waals surface area contributed by atoms with Crippen LogP contribution in [0.5, 0.6) is 0 Å². The Morgan fingerprint density at radius 1 is 1.56 bits per heavy atom. The molecule has 7 nitrogen and oxygen atoms in total. The van der Waals surface area contributed by atoms with E-state index in [-0.39, 0.29) is 5.76 Å². The molecule has 0 radical (unpaired) electrons. The second kappa shape index (κ2) is 5.46. The Hall–Kier alpha value is -2.15. The number of hydrogen-bond acceptors (Lipinski definition) is 6. The van der Waals surface area contributed by atoms with E-state index in [1.807, 2.05) is 0 Å². The summed E-state index contributed by atoms with van der Waals surface area (Å²) in [6, 6.07) is 1.71. The van der Waals surface area contributed by atoms with Crippen LogP contribution in [0.4, 0.5) is 0 Å². The fourth-order valence-corrected chi connectivity index (χ4v) is 1.56. The predicted octanol–water partition coefficient (Wildman–Crippen LogP) is 1.00. The minimum atomic E-state index is -1.05. The molecule has 0 fully saturated rings. The van der Waals surface area contributed by atoms with Crippen LogP contribution in [-0.2, 0) is 13.0 Å². The number of rotatable bonds is 6. The first-order chi connectivity index (χ1) is 8.66. The van der Waals surface area contributed by atoms with E-state index in [0.717, 1.165) is 0 Å². The second-order valence-corrected chi connectivity index (χ2v) is 3.79. The standard InChI is InChI=1S/C11H13N3O4/c1-7-4-8(17-10(7)11(15)16)5-12-3-2-9-13-6-14-18-9/h4,6,12H,2-3,5H2,1H3,(H,15,16). The van der Waals surface area contributed by atoms with E-state index >= 15 is 0 Å². The monoisotopic (exact) mass is 251 g/mol. The van der Waals surface area contributed by atoms with E-state index in [0.29, 0.717) is 36.7 Å². The number of nitrogens with one attached hydrogen (secondary N) is 1. The van der Waals surface area contributed by atoms with Gasteiger partial charge in [-0.25, -0.2) is 4.79 Å². The summed E-state index contributed by atoms with van der Waals surface area (Å²) in [5, 5.41) is 15.4. The molecule has 0 spiro atoms. The van der Waals surface area contributed by atoms with Crippen LogP contribution in [0.1, 0.15) is 27.8 Å². The lowest BCUT2D eigenvalue weighted by molar-refractivity contribution is 0.0659. The Morgan fingerprint density at radius 2 is 2.39 bits per heavy atom.